The monoisotopic (exact) mass is 371 g/mol. The molecule has 0 spiro atoms. The van der Waals surface area contributed by atoms with E-state index in [4.69, 9.17) is 9.72 Å². The van der Waals surface area contributed by atoms with Gasteiger partial charge in [0.25, 0.3) is 0 Å². The summed E-state index contributed by atoms with van der Waals surface area (Å²) in [6.07, 6.45) is 3.13. The summed E-state index contributed by atoms with van der Waals surface area (Å²) >= 11 is 1.67. The molecule has 0 aliphatic carbocycles. The summed E-state index contributed by atoms with van der Waals surface area (Å²) in [7, 11) is 1.67. The Balaban J connectivity index is 1.52. The molecular formula is C20H25N3O2S. The van der Waals surface area contributed by atoms with Gasteiger partial charge in [-0.1, -0.05) is 6.08 Å². The van der Waals surface area contributed by atoms with E-state index in [0.717, 1.165) is 61.2 Å². The number of benzene rings is 1. The zero-order valence-electron chi connectivity index (χ0n) is 15.2. The molecule has 1 aliphatic heterocycles. The molecule has 2 aromatic rings. The van der Waals surface area contributed by atoms with Crippen molar-refractivity contribution >= 4 is 17.2 Å². The lowest BCUT2D eigenvalue weighted by atomic mass is 10.2. The van der Waals surface area contributed by atoms with Crippen LogP contribution in [0, 0.1) is 0 Å². The summed E-state index contributed by atoms with van der Waals surface area (Å²) in [4.78, 5) is 21.2. The molecule has 0 unspecified atom stereocenters. The van der Waals surface area contributed by atoms with Gasteiger partial charge in [0.15, 0.2) is 0 Å². The van der Waals surface area contributed by atoms with E-state index in [-0.39, 0.29) is 5.91 Å². The predicted octanol–water partition coefficient (Wildman–Crippen LogP) is 3.43. The average Bonchev–Trinajstić information content (AvgIpc) is 3.15. The van der Waals surface area contributed by atoms with Crippen molar-refractivity contribution in [3.05, 3.63) is 48.0 Å². The average molecular weight is 372 g/mol. The standard InChI is InChI=1S/C20H25N3O2S/c1-3-4-5-19(24)23-12-10-22(11-13-23)14-17-15-26-20(21-17)16-6-8-18(25-2)9-7-16/h3,6-9,15H,1,4-5,10-14H2,2H3. The maximum Gasteiger partial charge on any atom is 0.222 e. The van der Waals surface area contributed by atoms with Crippen LogP contribution >= 0.6 is 11.3 Å². The van der Waals surface area contributed by atoms with Crippen LogP contribution in [0.2, 0.25) is 0 Å². The molecule has 6 heteroatoms. The first-order valence-corrected chi connectivity index (χ1v) is 9.77. The smallest absolute Gasteiger partial charge is 0.222 e. The molecule has 5 nitrogen and oxygen atoms in total. The maximum atomic E-state index is 12.1. The molecule has 138 valence electrons. The van der Waals surface area contributed by atoms with Gasteiger partial charge < -0.3 is 9.64 Å². The molecule has 1 fully saturated rings. The van der Waals surface area contributed by atoms with Gasteiger partial charge in [0.1, 0.15) is 10.8 Å². The van der Waals surface area contributed by atoms with Crippen LogP contribution in [-0.2, 0) is 11.3 Å². The van der Waals surface area contributed by atoms with E-state index >= 15 is 0 Å². The first kappa shape index (κ1) is 18.6. The molecule has 0 saturated carbocycles. The van der Waals surface area contributed by atoms with Crippen LogP contribution in [0.5, 0.6) is 5.75 Å². The van der Waals surface area contributed by atoms with Crippen molar-refractivity contribution in [1.82, 2.24) is 14.8 Å². The minimum absolute atomic E-state index is 0.236. The van der Waals surface area contributed by atoms with Crippen molar-refractivity contribution in [1.29, 1.82) is 0 Å². The number of rotatable bonds is 7. The Morgan fingerprint density at radius 1 is 1.27 bits per heavy atom. The molecule has 0 N–H and O–H groups in total. The third kappa shape index (κ3) is 4.71. The van der Waals surface area contributed by atoms with Gasteiger partial charge in [0.2, 0.25) is 5.91 Å². The number of aromatic nitrogens is 1. The highest BCUT2D eigenvalue weighted by Crippen LogP contribution is 2.26. The topological polar surface area (TPSA) is 45.7 Å². The van der Waals surface area contributed by atoms with Gasteiger partial charge in [0, 0.05) is 50.1 Å². The molecular weight excluding hydrogens is 346 g/mol. The van der Waals surface area contributed by atoms with E-state index in [1.165, 1.54) is 0 Å². The highest BCUT2D eigenvalue weighted by atomic mass is 32.1. The van der Waals surface area contributed by atoms with Gasteiger partial charge in [0.05, 0.1) is 12.8 Å². The number of methoxy groups -OCH3 is 1. The van der Waals surface area contributed by atoms with Crippen molar-refractivity contribution in [3.63, 3.8) is 0 Å². The normalized spacial score (nSPS) is 15.0. The Morgan fingerprint density at radius 3 is 2.65 bits per heavy atom. The molecule has 1 aliphatic rings. The number of piperazine rings is 1. The first-order valence-electron chi connectivity index (χ1n) is 8.89. The van der Waals surface area contributed by atoms with E-state index in [1.807, 2.05) is 29.2 Å². The molecule has 1 aromatic carbocycles. The Morgan fingerprint density at radius 2 is 2.00 bits per heavy atom. The van der Waals surface area contributed by atoms with E-state index in [9.17, 15) is 4.79 Å². The summed E-state index contributed by atoms with van der Waals surface area (Å²) < 4.78 is 5.20. The second-order valence-electron chi connectivity index (χ2n) is 6.36. The second kappa shape index (κ2) is 8.96. The molecule has 0 radical (unpaired) electrons. The Bertz CT molecular complexity index is 734. The zero-order chi connectivity index (χ0) is 18.4. The number of hydrogen-bond acceptors (Lipinski definition) is 5. The number of ether oxygens (including phenoxy) is 1. The predicted molar refractivity (Wildman–Crippen MR) is 105 cm³/mol. The molecule has 0 atom stereocenters. The van der Waals surface area contributed by atoms with Crippen molar-refractivity contribution < 1.29 is 9.53 Å². The lowest BCUT2D eigenvalue weighted by Gasteiger charge is -2.34. The Kier molecular flexibility index (Phi) is 6.41. The fourth-order valence-corrected chi connectivity index (χ4v) is 3.83. The number of amides is 1. The number of nitrogens with zero attached hydrogens (tertiary/aromatic N) is 3. The summed E-state index contributed by atoms with van der Waals surface area (Å²) in [6, 6.07) is 7.99. The summed E-state index contributed by atoms with van der Waals surface area (Å²) in [5.74, 6) is 1.09. The number of carbonyl (C=O) groups excluding carboxylic acids is 1. The fraction of sp³-hybridized carbons (Fsp3) is 0.400. The van der Waals surface area contributed by atoms with Crippen LogP contribution in [0.15, 0.2) is 42.3 Å². The van der Waals surface area contributed by atoms with Crippen molar-refractivity contribution in [2.45, 2.75) is 19.4 Å². The fourth-order valence-electron chi connectivity index (χ4n) is 3.01. The number of allylic oxidation sites excluding steroid dienone is 1. The first-order chi connectivity index (χ1) is 12.7. The Labute approximate surface area is 158 Å². The molecule has 1 aromatic heterocycles. The van der Waals surface area contributed by atoms with Crippen LogP contribution in [0.3, 0.4) is 0 Å². The van der Waals surface area contributed by atoms with Crippen LogP contribution in [0.1, 0.15) is 18.5 Å². The van der Waals surface area contributed by atoms with Gasteiger partial charge in [-0.2, -0.15) is 0 Å². The molecule has 1 amide bonds. The van der Waals surface area contributed by atoms with Crippen molar-refractivity contribution in [2.75, 3.05) is 33.3 Å². The molecule has 2 heterocycles. The quantitative estimate of drug-likeness (QED) is 0.700. The third-order valence-electron chi connectivity index (χ3n) is 4.56. The van der Waals surface area contributed by atoms with Gasteiger partial charge in [-0.15, -0.1) is 17.9 Å². The van der Waals surface area contributed by atoms with E-state index in [2.05, 4.69) is 16.9 Å². The largest absolute Gasteiger partial charge is 0.497 e. The molecule has 26 heavy (non-hydrogen) atoms. The molecule has 3 rings (SSSR count). The minimum Gasteiger partial charge on any atom is -0.497 e. The summed E-state index contributed by atoms with van der Waals surface area (Å²) in [5.41, 5.74) is 2.20. The van der Waals surface area contributed by atoms with Gasteiger partial charge in [-0.05, 0) is 30.7 Å². The third-order valence-corrected chi connectivity index (χ3v) is 5.50. The van der Waals surface area contributed by atoms with Crippen LogP contribution < -0.4 is 4.74 Å². The minimum atomic E-state index is 0.236. The van der Waals surface area contributed by atoms with Crippen LogP contribution in [0.25, 0.3) is 10.6 Å². The van der Waals surface area contributed by atoms with Crippen LogP contribution in [-0.4, -0.2) is 54.0 Å². The number of carbonyl (C=O) groups is 1. The lowest BCUT2D eigenvalue weighted by molar-refractivity contribution is -0.132. The highest BCUT2D eigenvalue weighted by Gasteiger charge is 2.21. The maximum absolute atomic E-state index is 12.1. The summed E-state index contributed by atoms with van der Waals surface area (Å²) in [5, 5.41) is 3.15. The van der Waals surface area contributed by atoms with E-state index in [0.29, 0.717) is 6.42 Å². The van der Waals surface area contributed by atoms with Gasteiger partial charge in [-0.3, -0.25) is 9.69 Å². The summed E-state index contributed by atoms with van der Waals surface area (Å²) in [6.45, 7) is 7.90. The zero-order valence-corrected chi connectivity index (χ0v) is 16.0. The molecule has 1 saturated heterocycles. The van der Waals surface area contributed by atoms with Gasteiger partial charge >= 0.3 is 0 Å². The Hall–Kier alpha value is -2.18. The van der Waals surface area contributed by atoms with Crippen LogP contribution in [0.4, 0.5) is 0 Å². The van der Waals surface area contributed by atoms with E-state index < -0.39 is 0 Å². The second-order valence-corrected chi connectivity index (χ2v) is 7.21. The van der Waals surface area contributed by atoms with Crippen molar-refractivity contribution in [3.8, 4) is 16.3 Å². The highest BCUT2D eigenvalue weighted by molar-refractivity contribution is 7.13. The number of hydrogen-bond donors (Lipinski definition) is 0. The lowest BCUT2D eigenvalue weighted by Crippen LogP contribution is -2.48. The van der Waals surface area contributed by atoms with Gasteiger partial charge in [-0.25, -0.2) is 4.98 Å². The number of thiazole rings is 1. The molecule has 0 bridgehead atoms. The van der Waals surface area contributed by atoms with E-state index in [1.54, 1.807) is 24.5 Å². The SMILES string of the molecule is C=CCCC(=O)N1CCN(Cc2csc(-c3ccc(OC)cc3)n2)CC1. The van der Waals surface area contributed by atoms with Crippen molar-refractivity contribution in [2.24, 2.45) is 0 Å².